The summed E-state index contributed by atoms with van der Waals surface area (Å²) < 4.78 is 16.5. The van der Waals surface area contributed by atoms with Crippen molar-refractivity contribution in [3.8, 4) is 5.75 Å². The highest BCUT2D eigenvalue weighted by atomic mass is 16.5. The van der Waals surface area contributed by atoms with Crippen molar-refractivity contribution in [1.29, 1.82) is 0 Å². The molecule has 1 aliphatic rings. The second-order valence-corrected chi connectivity index (χ2v) is 5.45. The number of methoxy groups -OCH3 is 1. The van der Waals surface area contributed by atoms with E-state index in [2.05, 4.69) is 13.0 Å². The quantitative estimate of drug-likeness (QED) is 0.869. The van der Waals surface area contributed by atoms with E-state index in [0.29, 0.717) is 12.5 Å². The first-order valence-corrected chi connectivity index (χ1v) is 7.26. The van der Waals surface area contributed by atoms with Crippen LogP contribution in [0.2, 0.25) is 0 Å². The average Bonchev–Trinajstić information content (AvgIpc) is 2.48. The van der Waals surface area contributed by atoms with Gasteiger partial charge in [0, 0.05) is 25.4 Å². The lowest BCUT2D eigenvalue weighted by molar-refractivity contribution is 0.0173. The molecule has 1 aliphatic heterocycles. The van der Waals surface area contributed by atoms with E-state index in [1.165, 1.54) is 5.56 Å². The molecule has 2 rings (SSSR count). The topological polar surface area (TPSA) is 53.7 Å². The van der Waals surface area contributed by atoms with Crippen LogP contribution in [0.5, 0.6) is 5.75 Å². The van der Waals surface area contributed by atoms with E-state index >= 15 is 0 Å². The summed E-state index contributed by atoms with van der Waals surface area (Å²) in [5.74, 6) is 1.44. The lowest BCUT2D eigenvalue weighted by atomic mass is 10.0. The molecule has 0 aromatic heterocycles. The molecule has 1 aromatic carbocycles. The highest BCUT2D eigenvalue weighted by Gasteiger charge is 2.16. The number of aryl methyl sites for hydroxylation is 1. The summed E-state index contributed by atoms with van der Waals surface area (Å²) in [5, 5.41) is 0. The second kappa shape index (κ2) is 7.62. The van der Waals surface area contributed by atoms with Gasteiger partial charge in [-0.25, -0.2) is 0 Å². The van der Waals surface area contributed by atoms with Gasteiger partial charge in [-0.1, -0.05) is 17.7 Å². The summed E-state index contributed by atoms with van der Waals surface area (Å²) in [6, 6.07) is 5.91. The fraction of sp³-hybridized carbons (Fsp3) is 0.625. The molecular weight excluding hydrogens is 254 g/mol. The maximum atomic E-state index is 6.23. The average molecular weight is 279 g/mol. The Hall–Kier alpha value is -1.10. The Bertz CT molecular complexity index is 416. The van der Waals surface area contributed by atoms with Crippen molar-refractivity contribution in [2.24, 2.45) is 11.7 Å². The molecule has 2 N–H and O–H groups in total. The molecule has 4 heteroatoms. The Morgan fingerprint density at radius 2 is 2.10 bits per heavy atom. The molecule has 1 atom stereocenters. The fourth-order valence-electron chi connectivity index (χ4n) is 2.51. The van der Waals surface area contributed by atoms with Crippen LogP contribution >= 0.6 is 0 Å². The monoisotopic (exact) mass is 279 g/mol. The third-order valence-corrected chi connectivity index (χ3v) is 3.78. The van der Waals surface area contributed by atoms with Crippen LogP contribution in [0.25, 0.3) is 0 Å². The number of benzene rings is 1. The smallest absolute Gasteiger partial charge is 0.123 e. The maximum absolute atomic E-state index is 6.23. The van der Waals surface area contributed by atoms with Gasteiger partial charge in [0.15, 0.2) is 0 Å². The van der Waals surface area contributed by atoms with Crippen molar-refractivity contribution in [1.82, 2.24) is 0 Å². The lowest BCUT2D eigenvalue weighted by Gasteiger charge is -2.23. The summed E-state index contributed by atoms with van der Waals surface area (Å²) in [5.41, 5.74) is 8.42. The first kappa shape index (κ1) is 15.3. The Kier molecular flexibility index (Phi) is 5.83. The van der Waals surface area contributed by atoms with E-state index in [0.717, 1.165) is 44.0 Å². The first-order chi connectivity index (χ1) is 9.70. The van der Waals surface area contributed by atoms with E-state index in [4.69, 9.17) is 19.9 Å². The number of hydrogen-bond donors (Lipinski definition) is 1. The number of hydrogen-bond acceptors (Lipinski definition) is 4. The SMILES string of the molecule is COc1ccc(C)cc1C(N)COCC1CCOCC1. The van der Waals surface area contributed by atoms with Gasteiger partial charge >= 0.3 is 0 Å². The normalized spacial score (nSPS) is 17.9. The van der Waals surface area contributed by atoms with Gasteiger partial charge in [0.05, 0.1) is 19.8 Å². The summed E-state index contributed by atoms with van der Waals surface area (Å²) in [7, 11) is 1.67. The van der Waals surface area contributed by atoms with Crippen molar-refractivity contribution in [3.05, 3.63) is 29.3 Å². The first-order valence-electron chi connectivity index (χ1n) is 7.26. The van der Waals surface area contributed by atoms with Gasteiger partial charge in [-0.05, 0) is 31.7 Å². The van der Waals surface area contributed by atoms with E-state index < -0.39 is 0 Å². The molecule has 4 nitrogen and oxygen atoms in total. The zero-order valence-electron chi connectivity index (χ0n) is 12.4. The molecule has 20 heavy (non-hydrogen) atoms. The molecule has 0 radical (unpaired) electrons. The van der Waals surface area contributed by atoms with Crippen molar-refractivity contribution in [3.63, 3.8) is 0 Å². The van der Waals surface area contributed by atoms with Gasteiger partial charge in [-0.3, -0.25) is 0 Å². The molecule has 0 amide bonds. The predicted molar refractivity (Wildman–Crippen MR) is 79.0 cm³/mol. The van der Waals surface area contributed by atoms with E-state index in [1.54, 1.807) is 7.11 Å². The third-order valence-electron chi connectivity index (χ3n) is 3.78. The van der Waals surface area contributed by atoms with E-state index in [1.807, 2.05) is 12.1 Å². The van der Waals surface area contributed by atoms with Gasteiger partial charge in [-0.2, -0.15) is 0 Å². The number of ether oxygens (including phenoxy) is 3. The predicted octanol–water partition coefficient (Wildman–Crippen LogP) is 2.45. The highest BCUT2D eigenvalue weighted by molar-refractivity contribution is 5.39. The van der Waals surface area contributed by atoms with Crippen LogP contribution in [0.15, 0.2) is 18.2 Å². The molecule has 0 saturated carbocycles. The van der Waals surface area contributed by atoms with Crippen LogP contribution < -0.4 is 10.5 Å². The Labute approximate surface area is 121 Å². The number of nitrogens with two attached hydrogens (primary N) is 1. The largest absolute Gasteiger partial charge is 0.496 e. The van der Waals surface area contributed by atoms with Crippen molar-refractivity contribution in [2.45, 2.75) is 25.8 Å². The molecule has 0 aliphatic carbocycles. The van der Waals surface area contributed by atoms with Crippen molar-refractivity contribution < 1.29 is 14.2 Å². The summed E-state index contributed by atoms with van der Waals surface area (Å²) in [4.78, 5) is 0. The van der Waals surface area contributed by atoms with Gasteiger partial charge in [0.2, 0.25) is 0 Å². The van der Waals surface area contributed by atoms with Gasteiger partial charge < -0.3 is 19.9 Å². The third kappa shape index (κ3) is 4.20. The highest BCUT2D eigenvalue weighted by Crippen LogP contribution is 2.25. The lowest BCUT2D eigenvalue weighted by Crippen LogP contribution is -2.24. The molecular formula is C16H25NO3. The van der Waals surface area contributed by atoms with Crippen LogP contribution in [-0.4, -0.2) is 33.5 Å². The van der Waals surface area contributed by atoms with Crippen LogP contribution in [0.1, 0.15) is 30.0 Å². The van der Waals surface area contributed by atoms with Crippen LogP contribution in [0.4, 0.5) is 0 Å². The second-order valence-electron chi connectivity index (χ2n) is 5.45. The minimum Gasteiger partial charge on any atom is -0.496 e. The molecule has 1 unspecified atom stereocenters. The minimum atomic E-state index is -0.148. The van der Waals surface area contributed by atoms with E-state index in [9.17, 15) is 0 Å². The molecule has 1 fully saturated rings. The zero-order chi connectivity index (χ0) is 14.4. The van der Waals surface area contributed by atoms with Gasteiger partial charge in [0.25, 0.3) is 0 Å². The molecule has 1 heterocycles. The maximum Gasteiger partial charge on any atom is 0.123 e. The molecule has 112 valence electrons. The molecule has 1 aromatic rings. The summed E-state index contributed by atoms with van der Waals surface area (Å²) >= 11 is 0. The fourth-order valence-corrected chi connectivity index (χ4v) is 2.51. The molecule has 0 spiro atoms. The van der Waals surface area contributed by atoms with Crippen LogP contribution in [0, 0.1) is 12.8 Å². The number of rotatable bonds is 6. The molecule has 1 saturated heterocycles. The Morgan fingerprint density at radius 1 is 1.35 bits per heavy atom. The molecule has 0 bridgehead atoms. The van der Waals surface area contributed by atoms with Gasteiger partial charge in [0.1, 0.15) is 5.75 Å². The van der Waals surface area contributed by atoms with Crippen LogP contribution in [0.3, 0.4) is 0 Å². The standard InChI is InChI=1S/C16H25NO3/c1-12-3-4-16(18-2)14(9-12)15(17)11-20-10-13-5-7-19-8-6-13/h3-4,9,13,15H,5-8,10-11,17H2,1-2H3. The van der Waals surface area contributed by atoms with Gasteiger partial charge in [-0.15, -0.1) is 0 Å². The van der Waals surface area contributed by atoms with Crippen LogP contribution in [-0.2, 0) is 9.47 Å². The Morgan fingerprint density at radius 3 is 2.80 bits per heavy atom. The Balaban J connectivity index is 1.84. The zero-order valence-corrected chi connectivity index (χ0v) is 12.4. The van der Waals surface area contributed by atoms with Crippen molar-refractivity contribution >= 4 is 0 Å². The summed E-state index contributed by atoms with van der Waals surface area (Å²) in [6.45, 7) is 5.05. The minimum absolute atomic E-state index is 0.148. The van der Waals surface area contributed by atoms with Crippen molar-refractivity contribution in [2.75, 3.05) is 33.5 Å². The van der Waals surface area contributed by atoms with E-state index in [-0.39, 0.29) is 6.04 Å². The summed E-state index contributed by atoms with van der Waals surface area (Å²) in [6.07, 6.45) is 2.17.